The summed E-state index contributed by atoms with van der Waals surface area (Å²) in [6, 6.07) is 1.57. The van der Waals surface area contributed by atoms with E-state index in [4.69, 9.17) is 0 Å². The van der Waals surface area contributed by atoms with Crippen LogP contribution in [0.5, 0.6) is 0 Å². The normalized spacial score (nSPS) is 11.4. The van der Waals surface area contributed by atoms with Crippen molar-refractivity contribution in [3.05, 3.63) is 26.5 Å². The van der Waals surface area contributed by atoms with Crippen LogP contribution in [-0.2, 0) is 21.2 Å². The molecule has 3 aromatic rings. The largest absolute Gasteiger partial charge is 0.302 e. The molecule has 3 heterocycles. The summed E-state index contributed by atoms with van der Waals surface area (Å²) in [5.41, 5.74) is 0.791. The SMILES string of the molecule is CC(=O)Nc1ncc(Cc2cc(S(=O)(=O)Nc3nnn[nH]3)sc2Br)s1. The minimum absolute atomic E-state index is 0.0616. The van der Waals surface area contributed by atoms with Crippen molar-refractivity contribution in [1.82, 2.24) is 25.6 Å². The van der Waals surface area contributed by atoms with E-state index in [-0.39, 0.29) is 16.1 Å². The molecule has 0 unspecified atom stereocenters. The lowest BCUT2D eigenvalue weighted by atomic mass is 10.2. The maximum atomic E-state index is 12.3. The minimum Gasteiger partial charge on any atom is -0.302 e. The van der Waals surface area contributed by atoms with Crippen molar-refractivity contribution in [3.63, 3.8) is 0 Å². The fourth-order valence-electron chi connectivity index (χ4n) is 1.80. The lowest BCUT2D eigenvalue weighted by Crippen LogP contribution is -2.12. The Bertz CT molecular complexity index is 996. The van der Waals surface area contributed by atoms with Crippen LogP contribution < -0.4 is 10.0 Å². The van der Waals surface area contributed by atoms with Crippen molar-refractivity contribution in [2.75, 3.05) is 10.0 Å². The molecule has 0 aliphatic heterocycles. The summed E-state index contributed by atoms with van der Waals surface area (Å²) in [5.74, 6) is -0.257. The van der Waals surface area contributed by atoms with Gasteiger partial charge in [0.15, 0.2) is 5.13 Å². The molecule has 0 saturated heterocycles. The molecule has 0 radical (unpaired) electrons. The first-order valence-electron chi connectivity index (χ1n) is 6.60. The fourth-order valence-corrected chi connectivity index (χ4v) is 5.97. The van der Waals surface area contributed by atoms with E-state index in [1.807, 2.05) is 0 Å². The van der Waals surface area contributed by atoms with Crippen LogP contribution in [0.4, 0.5) is 11.1 Å². The van der Waals surface area contributed by atoms with Crippen molar-refractivity contribution in [3.8, 4) is 0 Å². The number of H-pyrrole nitrogens is 1. The van der Waals surface area contributed by atoms with Gasteiger partial charge in [0.2, 0.25) is 5.91 Å². The first-order chi connectivity index (χ1) is 11.8. The number of hydrogen-bond acceptors (Lipinski definition) is 9. The second-order valence-corrected chi connectivity index (χ2v) is 10.1. The van der Waals surface area contributed by atoms with E-state index in [9.17, 15) is 13.2 Å². The Hall–Kier alpha value is -1.90. The Balaban J connectivity index is 1.78. The number of thiophene rings is 1. The Kier molecular flexibility index (Phi) is 5.12. The van der Waals surface area contributed by atoms with Gasteiger partial charge in [-0.25, -0.2) is 23.2 Å². The molecule has 10 nitrogen and oxygen atoms in total. The Labute approximate surface area is 158 Å². The number of nitrogens with one attached hydrogen (secondary N) is 3. The van der Waals surface area contributed by atoms with Gasteiger partial charge in [-0.3, -0.25) is 4.79 Å². The van der Waals surface area contributed by atoms with Crippen LogP contribution in [0, 0.1) is 0 Å². The Morgan fingerprint density at radius 3 is 2.88 bits per heavy atom. The molecule has 3 N–H and O–H groups in total. The van der Waals surface area contributed by atoms with Crippen molar-refractivity contribution >= 4 is 65.6 Å². The van der Waals surface area contributed by atoms with Crippen molar-refractivity contribution < 1.29 is 13.2 Å². The average molecular weight is 464 g/mol. The first-order valence-corrected chi connectivity index (χ1v) is 10.5. The molecular formula is C11H10BrN7O3S3. The summed E-state index contributed by atoms with van der Waals surface area (Å²) >= 11 is 5.79. The smallest absolute Gasteiger partial charge is 0.273 e. The summed E-state index contributed by atoms with van der Waals surface area (Å²) < 4.78 is 27.8. The van der Waals surface area contributed by atoms with Crippen LogP contribution in [0.3, 0.4) is 0 Å². The lowest BCUT2D eigenvalue weighted by Gasteiger charge is -2.00. The number of rotatable bonds is 6. The van der Waals surface area contributed by atoms with E-state index in [0.29, 0.717) is 15.3 Å². The first kappa shape index (κ1) is 17.9. The van der Waals surface area contributed by atoms with Gasteiger partial charge >= 0.3 is 0 Å². The van der Waals surface area contributed by atoms with Crippen molar-refractivity contribution in [2.24, 2.45) is 0 Å². The number of carbonyl (C=O) groups excluding carboxylic acids is 1. The predicted molar refractivity (Wildman–Crippen MR) is 96.2 cm³/mol. The van der Waals surface area contributed by atoms with Gasteiger partial charge in [0.1, 0.15) is 4.21 Å². The molecule has 0 aromatic carbocycles. The monoisotopic (exact) mass is 463 g/mol. The molecule has 0 aliphatic rings. The van der Waals surface area contributed by atoms with E-state index in [0.717, 1.165) is 21.8 Å². The number of aromatic amines is 1. The number of thiazole rings is 1. The van der Waals surface area contributed by atoms with E-state index in [1.54, 1.807) is 12.3 Å². The molecule has 0 aliphatic carbocycles. The second-order valence-electron chi connectivity index (χ2n) is 4.71. The van der Waals surface area contributed by atoms with E-state index >= 15 is 0 Å². The third kappa shape index (κ3) is 4.39. The fraction of sp³-hybridized carbons (Fsp3) is 0.182. The van der Waals surface area contributed by atoms with Crippen LogP contribution in [0.15, 0.2) is 20.3 Å². The van der Waals surface area contributed by atoms with Gasteiger partial charge in [-0.2, -0.15) is 0 Å². The Morgan fingerprint density at radius 1 is 1.40 bits per heavy atom. The van der Waals surface area contributed by atoms with Crippen LogP contribution >= 0.6 is 38.6 Å². The molecule has 1 amide bonds. The number of nitrogens with zero attached hydrogens (tertiary/aromatic N) is 4. The number of hydrogen-bond donors (Lipinski definition) is 3. The van der Waals surface area contributed by atoms with Crippen LogP contribution in [0.2, 0.25) is 0 Å². The molecule has 0 spiro atoms. The standard InChI is InChI=1S/C11H10BrN7O3S3/c1-5(20)14-11-13-4-7(23-11)2-6-3-8(24-9(6)12)25(21,22)17-10-15-18-19-16-10/h3-4H,2H2,1H3,(H,13,14,20)(H2,15,16,17,18,19). The molecular weight excluding hydrogens is 454 g/mol. The average Bonchev–Trinajstić information content (AvgIpc) is 3.23. The molecule has 0 bridgehead atoms. The lowest BCUT2D eigenvalue weighted by molar-refractivity contribution is -0.114. The van der Waals surface area contributed by atoms with Gasteiger partial charge < -0.3 is 5.32 Å². The summed E-state index contributed by atoms with van der Waals surface area (Å²) in [7, 11) is -3.79. The highest BCUT2D eigenvalue weighted by atomic mass is 79.9. The van der Waals surface area contributed by atoms with Gasteiger partial charge in [-0.05, 0) is 38.0 Å². The van der Waals surface area contributed by atoms with Crippen molar-refractivity contribution in [2.45, 2.75) is 17.6 Å². The van der Waals surface area contributed by atoms with E-state index in [1.165, 1.54) is 18.3 Å². The molecule has 0 fully saturated rings. The third-order valence-corrected chi connectivity index (χ3v) is 7.46. The Morgan fingerprint density at radius 2 is 2.20 bits per heavy atom. The number of anilines is 2. The van der Waals surface area contributed by atoms with Crippen LogP contribution in [0.1, 0.15) is 17.4 Å². The summed E-state index contributed by atoms with van der Waals surface area (Å²) in [6.07, 6.45) is 2.13. The topological polar surface area (TPSA) is 143 Å². The van der Waals surface area contributed by atoms with Gasteiger partial charge in [0.05, 0.1) is 3.79 Å². The molecule has 132 valence electrons. The molecule has 3 aromatic heterocycles. The highest BCUT2D eigenvalue weighted by Crippen LogP contribution is 2.34. The second kappa shape index (κ2) is 7.15. The van der Waals surface area contributed by atoms with Gasteiger partial charge in [-0.15, -0.1) is 22.7 Å². The molecule has 0 saturated carbocycles. The maximum absolute atomic E-state index is 12.3. The molecule has 3 rings (SSSR count). The summed E-state index contributed by atoms with van der Waals surface area (Å²) in [4.78, 5) is 16.0. The number of halogens is 1. The summed E-state index contributed by atoms with van der Waals surface area (Å²) in [6.45, 7) is 1.41. The predicted octanol–water partition coefficient (Wildman–Crippen LogP) is 1.83. The number of aromatic nitrogens is 5. The highest BCUT2D eigenvalue weighted by molar-refractivity contribution is 9.11. The van der Waals surface area contributed by atoms with E-state index < -0.39 is 10.0 Å². The minimum atomic E-state index is -3.79. The van der Waals surface area contributed by atoms with Gasteiger partial charge in [-0.1, -0.05) is 5.10 Å². The zero-order valence-electron chi connectivity index (χ0n) is 12.5. The highest BCUT2D eigenvalue weighted by Gasteiger charge is 2.21. The third-order valence-electron chi connectivity index (χ3n) is 2.78. The van der Waals surface area contributed by atoms with Crippen LogP contribution in [-0.4, -0.2) is 39.9 Å². The van der Waals surface area contributed by atoms with Crippen LogP contribution in [0.25, 0.3) is 0 Å². The molecule has 0 atom stereocenters. The zero-order chi connectivity index (χ0) is 18.0. The van der Waals surface area contributed by atoms with E-state index in [2.05, 4.69) is 51.6 Å². The number of sulfonamides is 1. The number of amides is 1. The number of tetrazole rings is 1. The maximum Gasteiger partial charge on any atom is 0.273 e. The number of carbonyl (C=O) groups is 1. The van der Waals surface area contributed by atoms with Crippen molar-refractivity contribution in [1.29, 1.82) is 0 Å². The summed E-state index contributed by atoms with van der Waals surface area (Å²) in [5, 5.41) is 15.6. The van der Waals surface area contributed by atoms with Gasteiger partial charge in [0.25, 0.3) is 16.0 Å². The molecule has 25 heavy (non-hydrogen) atoms. The van der Waals surface area contributed by atoms with Gasteiger partial charge in [0, 0.05) is 24.4 Å². The zero-order valence-corrected chi connectivity index (χ0v) is 16.5. The molecule has 14 heteroatoms. The quantitative estimate of drug-likeness (QED) is 0.505.